The molecule has 0 spiro atoms. The lowest BCUT2D eigenvalue weighted by Crippen LogP contribution is -2.47. The molecule has 1 aromatic rings. The Labute approximate surface area is 120 Å². The van der Waals surface area contributed by atoms with E-state index in [1.807, 2.05) is 46.8 Å². The number of amides is 1. The summed E-state index contributed by atoms with van der Waals surface area (Å²) in [6, 6.07) is 7.08. The smallest absolute Gasteiger partial charge is 0.338 e. The van der Waals surface area contributed by atoms with Crippen LogP contribution in [0.25, 0.3) is 0 Å². The number of hydrogen-bond donors (Lipinski definition) is 1. The highest BCUT2D eigenvalue weighted by Crippen LogP contribution is 2.10. The average molecular weight is 277 g/mol. The van der Waals surface area contributed by atoms with Crippen molar-refractivity contribution in [3.8, 4) is 0 Å². The van der Waals surface area contributed by atoms with Gasteiger partial charge >= 0.3 is 5.97 Å². The van der Waals surface area contributed by atoms with Gasteiger partial charge in [0.05, 0.1) is 5.56 Å². The molecule has 1 atom stereocenters. The molecule has 0 saturated heterocycles. The summed E-state index contributed by atoms with van der Waals surface area (Å²) in [7, 11) is 0. The summed E-state index contributed by atoms with van der Waals surface area (Å²) in [4.78, 5) is 24.0. The highest BCUT2D eigenvalue weighted by molar-refractivity contribution is 5.92. The zero-order valence-corrected chi connectivity index (χ0v) is 12.8. The average Bonchev–Trinajstić information content (AvgIpc) is 2.34. The fourth-order valence-corrected chi connectivity index (χ4v) is 1.66. The molecule has 20 heavy (non-hydrogen) atoms. The molecule has 0 aliphatic rings. The van der Waals surface area contributed by atoms with Crippen LogP contribution in [0.15, 0.2) is 24.3 Å². The number of carbonyl (C=O) groups excluding carboxylic acids is 2. The predicted octanol–water partition coefficient (Wildman–Crippen LogP) is 2.85. The van der Waals surface area contributed by atoms with Gasteiger partial charge in [0.15, 0.2) is 6.10 Å². The lowest BCUT2D eigenvalue weighted by molar-refractivity contribution is -0.131. The van der Waals surface area contributed by atoms with E-state index in [0.717, 1.165) is 5.56 Å². The SMILES string of the molecule is CCC(OC(=O)c1ccc(C)cc1)C(=O)NC(C)(C)C. The zero-order chi connectivity index (χ0) is 15.3. The zero-order valence-electron chi connectivity index (χ0n) is 12.8. The first-order chi connectivity index (χ1) is 9.23. The molecule has 4 nitrogen and oxygen atoms in total. The van der Waals surface area contributed by atoms with E-state index >= 15 is 0 Å². The largest absolute Gasteiger partial charge is 0.449 e. The third-order valence-electron chi connectivity index (χ3n) is 2.70. The Bertz CT molecular complexity index is 471. The van der Waals surface area contributed by atoms with Gasteiger partial charge in [-0.15, -0.1) is 0 Å². The maximum Gasteiger partial charge on any atom is 0.338 e. The van der Waals surface area contributed by atoms with Crippen LogP contribution in [0.1, 0.15) is 50.0 Å². The molecule has 110 valence electrons. The summed E-state index contributed by atoms with van der Waals surface area (Å²) in [6.45, 7) is 9.42. The molecule has 1 unspecified atom stereocenters. The van der Waals surface area contributed by atoms with E-state index in [-0.39, 0.29) is 11.4 Å². The van der Waals surface area contributed by atoms with E-state index < -0.39 is 12.1 Å². The van der Waals surface area contributed by atoms with Gasteiger partial charge in [0, 0.05) is 5.54 Å². The monoisotopic (exact) mass is 277 g/mol. The number of aryl methyl sites for hydroxylation is 1. The Hall–Kier alpha value is -1.84. The van der Waals surface area contributed by atoms with Crippen molar-refractivity contribution in [1.29, 1.82) is 0 Å². The quantitative estimate of drug-likeness (QED) is 0.861. The lowest BCUT2D eigenvalue weighted by atomic mass is 10.1. The van der Waals surface area contributed by atoms with Crippen LogP contribution in [-0.4, -0.2) is 23.5 Å². The van der Waals surface area contributed by atoms with Gasteiger partial charge in [-0.05, 0) is 46.2 Å². The van der Waals surface area contributed by atoms with Gasteiger partial charge < -0.3 is 10.1 Å². The molecule has 0 fully saturated rings. The number of benzene rings is 1. The van der Waals surface area contributed by atoms with Crippen LogP contribution in [0, 0.1) is 6.92 Å². The summed E-state index contributed by atoms with van der Waals surface area (Å²) < 4.78 is 5.28. The minimum absolute atomic E-state index is 0.263. The van der Waals surface area contributed by atoms with Crippen LogP contribution in [0.5, 0.6) is 0 Å². The molecule has 0 heterocycles. The van der Waals surface area contributed by atoms with E-state index in [9.17, 15) is 9.59 Å². The van der Waals surface area contributed by atoms with Crippen LogP contribution < -0.4 is 5.32 Å². The Morgan fingerprint density at radius 3 is 2.20 bits per heavy atom. The van der Waals surface area contributed by atoms with E-state index in [1.54, 1.807) is 12.1 Å². The molecule has 0 radical (unpaired) electrons. The standard InChI is InChI=1S/C16H23NO3/c1-6-13(14(18)17-16(3,4)5)20-15(19)12-9-7-11(2)8-10-12/h7-10,13H,6H2,1-5H3,(H,17,18). The fraction of sp³-hybridized carbons (Fsp3) is 0.500. The van der Waals surface area contributed by atoms with Crippen molar-refractivity contribution in [2.45, 2.75) is 52.7 Å². The molecule has 1 rings (SSSR count). The van der Waals surface area contributed by atoms with Crippen LogP contribution >= 0.6 is 0 Å². The summed E-state index contributed by atoms with van der Waals surface area (Å²) in [5.41, 5.74) is 1.18. The van der Waals surface area contributed by atoms with E-state index in [2.05, 4.69) is 5.32 Å². The van der Waals surface area contributed by atoms with Crippen molar-refractivity contribution in [2.24, 2.45) is 0 Å². The van der Waals surface area contributed by atoms with Crippen molar-refractivity contribution in [3.05, 3.63) is 35.4 Å². The lowest BCUT2D eigenvalue weighted by Gasteiger charge is -2.24. The molecule has 0 aliphatic heterocycles. The van der Waals surface area contributed by atoms with Crippen molar-refractivity contribution in [2.75, 3.05) is 0 Å². The van der Waals surface area contributed by atoms with E-state index in [1.165, 1.54) is 0 Å². The number of hydrogen-bond acceptors (Lipinski definition) is 3. The molecule has 1 aromatic carbocycles. The molecule has 0 bridgehead atoms. The highest BCUT2D eigenvalue weighted by atomic mass is 16.5. The van der Waals surface area contributed by atoms with Gasteiger partial charge in [0.25, 0.3) is 5.91 Å². The maximum absolute atomic E-state index is 12.0. The number of carbonyl (C=O) groups is 2. The molecule has 0 saturated carbocycles. The summed E-state index contributed by atoms with van der Waals surface area (Å²) in [5.74, 6) is -0.735. The fourth-order valence-electron chi connectivity index (χ4n) is 1.66. The Balaban J connectivity index is 2.71. The normalized spacial score (nSPS) is 12.7. The topological polar surface area (TPSA) is 55.4 Å². The molecule has 0 aromatic heterocycles. The maximum atomic E-state index is 12.0. The van der Waals surface area contributed by atoms with Gasteiger partial charge in [0.2, 0.25) is 0 Å². The van der Waals surface area contributed by atoms with Crippen molar-refractivity contribution >= 4 is 11.9 Å². The van der Waals surface area contributed by atoms with Crippen molar-refractivity contribution in [1.82, 2.24) is 5.32 Å². The summed E-state index contributed by atoms with van der Waals surface area (Å²) in [5, 5.41) is 2.82. The number of esters is 1. The molecule has 1 amide bonds. The first kappa shape index (κ1) is 16.2. The minimum atomic E-state index is -0.761. The van der Waals surface area contributed by atoms with Crippen LogP contribution in [-0.2, 0) is 9.53 Å². The van der Waals surface area contributed by atoms with Gasteiger partial charge in [-0.2, -0.15) is 0 Å². The summed E-state index contributed by atoms with van der Waals surface area (Å²) >= 11 is 0. The van der Waals surface area contributed by atoms with Gasteiger partial charge in [0.1, 0.15) is 0 Å². The second-order valence-corrected chi connectivity index (χ2v) is 5.91. The first-order valence-electron chi connectivity index (χ1n) is 6.82. The Kier molecular flexibility index (Phi) is 5.31. The number of rotatable bonds is 4. The van der Waals surface area contributed by atoms with Gasteiger partial charge in [-0.3, -0.25) is 4.79 Å². The summed E-state index contributed by atoms with van der Waals surface area (Å²) in [6.07, 6.45) is -0.317. The van der Waals surface area contributed by atoms with Gasteiger partial charge in [-0.1, -0.05) is 24.6 Å². The Morgan fingerprint density at radius 2 is 1.75 bits per heavy atom. The van der Waals surface area contributed by atoms with E-state index in [4.69, 9.17) is 4.74 Å². The second-order valence-electron chi connectivity index (χ2n) is 5.91. The van der Waals surface area contributed by atoms with Crippen LogP contribution in [0.3, 0.4) is 0 Å². The first-order valence-corrected chi connectivity index (χ1v) is 6.82. The van der Waals surface area contributed by atoms with Crippen LogP contribution in [0.2, 0.25) is 0 Å². The Morgan fingerprint density at radius 1 is 1.20 bits per heavy atom. The second kappa shape index (κ2) is 6.55. The van der Waals surface area contributed by atoms with Crippen molar-refractivity contribution in [3.63, 3.8) is 0 Å². The minimum Gasteiger partial charge on any atom is -0.449 e. The molecule has 0 aliphatic carbocycles. The van der Waals surface area contributed by atoms with Gasteiger partial charge in [-0.25, -0.2) is 4.79 Å². The predicted molar refractivity (Wildman–Crippen MR) is 78.6 cm³/mol. The molecular weight excluding hydrogens is 254 g/mol. The van der Waals surface area contributed by atoms with Crippen molar-refractivity contribution < 1.29 is 14.3 Å². The molecule has 1 N–H and O–H groups in total. The number of nitrogens with one attached hydrogen (secondary N) is 1. The highest BCUT2D eigenvalue weighted by Gasteiger charge is 2.25. The third-order valence-corrected chi connectivity index (χ3v) is 2.70. The third kappa shape index (κ3) is 5.03. The molecule has 4 heteroatoms. The number of ether oxygens (including phenoxy) is 1. The van der Waals surface area contributed by atoms with Crippen LogP contribution in [0.4, 0.5) is 0 Å². The van der Waals surface area contributed by atoms with E-state index in [0.29, 0.717) is 12.0 Å². The molecular formula is C16H23NO3.